The number of hydrogen-bond acceptors (Lipinski definition) is 3. The highest BCUT2D eigenvalue weighted by molar-refractivity contribution is 6.14. The van der Waals surface area contributed by atoms with Crippen LogP contribution in [0, 0.1) is 11.8 Å². The molecule has 1 saturated carbocycles. The molecule has 3 atom stereocenters. The summed E-state index contributed by atoms with van der Waals surface area (Å²) in [6, 6.07) is -0.595. The normalized spacial score (nSPS) is 35.5. The number of nitrogens with one attached hydrogen (secondary N) is 1. The maximum atomic E-state index is 11.7. The van der Waals surface area contributed by atoms with Gasteiger partial charge in [0.05, 0.1) is 0 Å². The summed E-state index contributed by atoms with van der Waals surface area (Å²) in [4.78, 5) is 35.6. The van der Waals surface area contributed by atoms with Crippen molar-refractivity contribution in [1.82, 2.24) is 10.2 Å². The molecule has 0 radical (unpaired) electrons. The first-order chi connectivity index (χ1) is 7.50. The first-order valence-electron chi connectivity index (χ1n) is 5.66. The number of rotatable bonds is 1. The van der Waals surface area contributed by atoms with Gasteiger partial charge in [-0.2, -0.15) is 0 Å². The summed E-state index contributed by atoms with van der Waals surface area (Å²) in [6.07, 6.45) is 1.66. The monoisotopic (exact) mass is 224 g/mol. The van der Waals surface area contributed by atoms with Crippen LogP contribution < -0.4 is 5.32 Å². The standard InChI is InChI=1S/C11H16N2O3/c1-6-3-4-8(7(6)2)13-10(15)5-9(14)12-11(13)16/h6-8H,3-5H2,1-2H3,(H,12,14,16). The van der Waals surface area contributed by atoms with Gasteiger partial charge in [-0.1, -0.05) is 13.8 Å². The lowest BCUT2D eigenvalue weighted by molar-refractivity contribution is -0.138. The summed E-state index contributed by atoms with van der Waals surface area (Å²) < 4.78 is 0. The molecule has 1 aliphatic heterocycles. The summed E-state index contributed by atoms with van der Waals surface area (Å²) in [5.74, 6) is -0.0317. The maximum Gasteiger partial charge on any atom is 0.331 e. The van der Waals surface area contributed by atoms with E-state index in [1.807, 2.05) is 0 Å². The second-order valence-corrected chi connectivity index (χ2v) is 4.77. The summed E-state index contributed by atoms with van der Waals surface area (Å²) in [5, 5.41) is 2.20. The lowest BCUT2D eigenvalue weighted by Gasteiger charge is -2.33. The Labute approximate surface area is 94.2 Å². The number of carbonyl (C=O) groups is 3. The van der Waals surface area contributed by atoms with Gasteiger partial charge in [-0.05, 0) is 24.7 Å². The van der Waals surface area contributed by atoms with Crippen LogP contribution >= 0.6 is 0 Å². The third-order valence-corrected chi connectivity index (χ3v) is 3.80. The Morgan fingerprint density at radius 2 is 1.88 bits per heavy atom. The van der Waals surface area contributed by atoms with Gasteiger partial charge in [0.2, 0.25) is 11.8 Å². The molecular weight excluding hydrogens is 208 g/mol. The van der Waals surface area contributed by atoms with Crippen molar-refractivity contribution in [2.45, 2.75) is 39.2 Å². The third kappa shape index (κ3) is 1.70. The number of imide groups is 2. The molecule has 2 fully saturated rings. The van der Waals surface area contributed by atoms with Gasteiger partial charge in [0.1, 0.15) is 6.42 Å². The van der Waals surface area contributed by atoms with Gasteiger partial charge in [-0.25, -0.2) is 4.79 Å². The van der Waals surface area contributed by atoms with Crippen LogP contribution in [0.25, 0.3) is 0 Å². The van der Waals surface area contributed by atoms with E-state index >= 15 is 0 Å². The Balaban J connectivity index is 2.17. The molecule has 0 bridgehead atoms. The third-order valence-electron chi connectivity index (χ3n) is 3.80. The second-order valence-electron chi connectivity index (χ2n) is 4.77. The first-order valence-corrected chi connectivity index (χ1v) is 5.66. The largest absolute Gasteiger partial charge is 0.331 e. The zero-order valence-corrected chi connectivity index (χ0v) is 9.53. The Morgan fingerprint density at radius 1 is 1.19 bits per heavy atom. The van der Waals surface area contributed by atoms with Crippen LogP contribution in [0.3, 0.4) is 0 Å². The van der Waals surface area contributed by atoms with Crippen LogP contribution in [0.1, 0.15) is 33.1 Å². The summed E-state index contributed by atoms with van der Waals surface area (Å²) >= 11 is 0. The average molecular weight is 224 g/mol. The molecule has 1 aliphatic carbocycles. The molecule has 0 aromatic rings. The summed E-state index contributed by atoms with van der Waals surface area (Å²) in [7, 11) is 0. The van der Waals surface area contributed by atoms with Gasteiger partial charge in [0.25, 0.3) is 0 Å². The Morgan fingerprint density at radius 3 is 2.38 bits per heavy atom. The highest BCUT2D eigenvalue weighted by atomic mass is 16.2. The Bertz CT molecular complexity index is 333. The van der Waals surface area contributed by atoms with Gasteiger partial charge in [0.15, 0.2) is 0 Å². The van der Waals surface area contributed by atoms with E-state index in [4.69, 9.17) is 0 Å². The minimum absolute atomic E-state index is 0.0457. The van der Waals surface area contributed by atoms with Gasteiger partial charge in [-0.15, -0.1) is 0 Å². The number of amides is 4. The van der Waals surface area contributed by atoms with Crippen molar-refractivity contribution in [2.75, 3.05) is 0 Å². The predicted molar refractivity (Wildman–Crippen MR) is 56.4 cm³/mol. The van der Waals surface area contributed by atoms with Crippen molar-refractivity contribution in [3.8, 4) is 0 Å². The molecule has 2 rings (SSSR count). The van der Waals surface area contributed by atoms with Crippen LogP contribution in [-0.2, 0) is 9.59 Å². The van der Waals surface area contributed by atoms with Gasteiger partial charge >= 0.3 is 6.03 Å². The molecule has 3 unspecified atom stereocenters. The quantitative estimate of drug-likeness (QED) is 0.673. The first kappa shape index (κ1) is 11.1. The van der Waals surface area contributed by atoms with E-state index in [-0.39, 0.29) is 18.4 Å². The maximum absolute atomic E-state index is 11.7. The zero-order valence-electron chi connectivity index (χ0n) is 9.53. The van der Waals surface area contributed by atoms with E-state index in [9.17, 15) is 14.4 Å². The molecule has 0 spiro atoms. The molecule has 88 valence electrons. The SMILES string of the molecule is CC1CCC(N2C(=O)CC(=O)NC2=O)C1C. The minimum Gasteiger partial charge on any atom is -0.277 e. The van der Waals surface area contributed by atoms with E-state index in [2.05, 4.69) is 19.2 Å². The lowest BCUT2D eigenvalue weighted by atomic mass is 9.96. The van der Waals surface area contributed by atoms with Crippen LogP contribution in [0.4, 0.5) is 4.79 Å². The Hall–Kier alpha value is -1.39. The van der Waals surface area contributed by atoms with Crippen LogP contribution in [0.2, 0.25) is 0 Å². The molecule has 1 N–H and O–H groups in total. The summed E-state index contributed by atoms with van der Waals surface area (Å²) in [5.41, 5.74) is 0. The molecule has 5 nitrogen and oxygen atoms in total. The fourth-order valence-electron chi connectivity index (χ4n) is 2.60. The molecular formula is C11H16N2O3. The number of carbonyl (C=O) groups excluding carboxylic acids is 3. The van der Waals surface area contributed by atoms with E-state index in [0.29, 0.717) is 11.8 Å². The molecule has 0 aromatic heterocycles. The topological polar surface area (TPSA) is 66.5 Å². The van der Waals surface area contributed by atoms with Gasteiger partial charge in [-0.3, -0.25) is 19.8 Å². The van der Waals surface area contributed by atoms with Crippen molar-refractivity contribution < 1.29 is 14.4 Å². The van der Waals surface area contributed by atoms with Crippen molar-refractivity contribution in [2.24, 2.45) is 11.8 Å². The van der Waals surface area contributed by atoms with Crippen LogP contribution in [-0.4, -0.2) is 28.8 Å². The minimum atomic E-state index is -0.549. The van der Waals surface area contributed by atoms with E-state index < -0.39 is 11.9 Å². The molecule has 1 saturated heterocycles. The highest BCUT2D eigenvalue weighted by Gasteiger charge is 2.42. The number of urea groups is 1. The number of barbiturate groups is 1. The average Bonchev–Trinajstić information content (AvgIpc) is 2.48. The van der Waals surface area contributed by atoms with Crippen molar-refractivity contribution >= 4 is 17.8 Å². The Kier molecular flexibility index (Phi) is 2.69. The van der Waals surface area contributed by atoms with Crippen molar-refractivity contribution in [1.29, 1.82) is 0 Å². The molecule has 16 heavy (non-hydrogen) atoms. The van der Waals surface area contributed by atoms with E-state index in [1.54, 1.807) is 0 Å². The van der Waals surface area contributed by atoms with Crippen LogP contribution in [0.15, 0.2) is 0 Å². The highest BCUT2D eigenvalue weighted by Crippen LogP contribution is 2.35. The number of nitrogens with zero attached hydrogens (tertiary/aromatic N) is 1. The molecule has 1 heterocycles. The summed E-state index contributed by atoms with van der Waals surface area (Å²) in [6.45, 7) is 4.18. The van der Waals surface area contributed by atoms with Gasteiger partial charge in [0, 0.05) is 6.04 Å². The zero-order chi connectivity index (χ0) is 11.9. The van der Waals surface area contributed by atoms with Crippen molar-refractivity contribution in [3.63, 3.8) is 0 Å². The fraction of sp³-hybridized carbons (Fsp3) is 0.727. The van der Waals surface area contributed by atoms with E-state index in [0.717, 1.165) is 12.8 Å². The smallest absolute Gasteiger partial charge is 0.277 e. The number of hydrogen-bond donors (Lipinski definition) is 1. The second kappa shape index (κ2) is 3.88. The van der Waals surface area contributed by atoms with Crippen molar-refractivity contribution in [3.05, 3.63) is 0 Å². The van der Waals surface area contributed by atoms with E-state index in [1.165, 1.54) is 4.90 Å². The molecule has 5 heteroatoms. The predicted octanol–water partition coefficient (Wildman–Crippen LogP) is 0.890. The molecule has 0 aromatic carbocycles. The van der Waals surface area contributed by atoms with Gasteiger partial charge < -0.3 is 0 Å². The lowest BCUT2D eigenvalue weighted by Crippen LogP contribution is -2.57. The van der Waals surface area contributed by atoms with Crippen LogP contribution in [0.5, 0.6) is 0 Å². The fourth-order valence-corrected chi connectivity index (χ4v) is 2.60. The molecule has 2 aliphatic rings. The molecule has 4 amide bonds.